The number of ketones is 2. The summed E-state index contributed by atoms with van der Waals surface area (Å²) < 4.78 is 4.67. The topological polar surface area (TPSA) is 80.7 Å². The minimum absolute atomic E-state index is 0.00679. The molecule has 0 radical (unpaired) electrons. The summed E-state index contributed by atoms with van der Waals surface area (Å²) in [4.78, 5) is 37.2. The molecule has 1 heterocycles. The van der Waals surface area contributed by atoms with Crippen LogP contribution in [-0.4, -0.2) is 29.8 Å². The fourth-order valence-corrected chi connectivity index (χ4v) is 3.62. The van der Waals surface area contributed by atoms with Gasteiger partial charge in [0.05, 0.1) is 17.6 Å². The van der Waals surface area contributed by atoms with Crippen molar-refractivity contribution in [2.75, 3.05) is 7.11 Å². The van der Waals surface area contributed by atoms with Crippen LogP contribution in [0.3, 0.4) is 0 Å². The second-order valence-electron chi connectivity index (χ2n) is 4.61. The van der Waals surface area contributed by atoms with E-state index in [1.807, 2.05) is 0 Å². The van der Waals surface area contributed by atoms with Crippen molar-refractivity contribution in [3.63, 3.8) is 0 Å². The number of phenolic OH excluding ortho intramolecular Hbond substituents is 1. The van der Waals surface area contributed by atoms with Crippen LogP contribution >= 0.6 is 11.3 Å². The van der Waals surface area contributed by atoms with Gasteiger partial charge in [0.15, 0.2) is 5.78 Å². The smallest absolute Gasteiger partial charge is 0.348 e. The molecule has 3 rings (SSSR count). The highest BCUT2D eigenvalue weighted by molar-refractivity contribution is 7.16. The lowest BCUT2D eigenvalue weighted by Gasteiger charge is -2.15. The summed E-state index contributed by atoms with van der Waals surface area (Å²) in [5.74, 6) is -1.62. The number of esters is 1. The molecular formula is C15H10O5S. The Labute approximate surface area is 123 Å². The van der Waals surface area contributed by atoms with E-state index in [2.05, 4.69) is 4.74 Å². The Bertz CT molecular complexity index is 814. The highest BCUT2D eigenvalue weighted by atomic mass is 32.1. The van der Waals surface area contributed by atoms with Crippen LogP contribution in [0, 0.1) is 6.92 Å². The summed E-state index contributed by atoms with van der Waals surface area (Å²) >= 11 is 0.923. The van der Waals surface area contributed by atoms with Gasteiger partial charge in [0.2, 0.25) is 5.78 Å². The van der Waals surface area contributed by atoms with Crippen molar-refractivity contribution in [1.29, 1.82) is 0 Å². The molecule has 106 valence electrons. The minimum atomic E-state index is -0.583. The molecule has 0 saturated heterocycles. The van der Waals surface area contributed by atoms with Gasteiger partial charge < -0.3 is 9.84 Å². The lowest BCUT2D eigenvalue weighted by atomic mass is 9.86. The lowest BCUT2D eigenvalue weighted by molar-refractivity contribution is 0.0605. The SMILES string of the molecule is COC(=O)c1sc2c(c1C)C(=O)c1cccc(O)c1C2=O. The highest BCUT2D eigenvalue weighted by Crippen LogP contribution is 2.39. The number of phenols is 1. The van der Waals surface area contributed by atoms with E-state index in [0.717, 1.165) is 11.3 Å². The molecule has 6 heteroatoms. The van der Waals surface area contributed by atoms with E-state index in [0.29, 0.717) is 5.56 Å². The maximum atomic E-state index is 12.5. The minimum Gasteiger partial charge on any atom is -0.507 e. The first-order valence-electron chi connectivity index (χ1n) is 6.10. The average molecular weight is 302 g/mol. The zero-order valence-corrected chi connectivity index (χ0v) is 12.0. The predicted molar refractivity (Wildman–Crippen MR) is 75.4 cm³/mol. The summed E-state index contributed by atoms with van der Waals surface area (Å²) in [6, 6.07) is 4.36. The Morgan fingerprint density at radius 2 is 1.90 bits per heavy atom. The Morgan fingerprint density at radius 1 is 1.19 bits per heavy atom. The Hall–Kier alpha value is -2.47. The van der Waals surface area contributed by atoms with Crippen molar-refractivity contribution in [3.05, 3.63) is 50.2 Å². The number of thiophene rings is 1. The number of carbonyl (C=O) groups is 3. The van der Waals surface area contributed by atoms with Crippen molar-refractivity contribution in [3.8, 4) is 5.75 Å². The first-order chi connectivity index (χ1) is 9.97. The number of aromatic hydroxyl groups is 1. The van der Waals surface area contributed by atoms with Gasteiger partial charge in [-0.15, -0.1) is 11.3 Å². The maximum absolute atomic E-state index is 12.5. The molecule has 5 nitrogen and oxygen atoms in total. The molecule has 21 heavy (non-hydrogen) atoms. The molecule has 1 aliphatic rings. The third-order valence-corrected chi connectivity index (χ3v) is 4.74. The Kier molecular flexibility index (Phi) is 2.91. The van der Waals surface area contributed by atoms with Crippen molar-refractivity contribution in [1.82, 2.24) is 0 Å². The molecule has 1 aromatic heterocycles. The predicted octanol–water partition coefficient (Wildman–Crippen LogP) is 2.32. The van der Waals surface area contributed by atoms with Crippen LogP contribution in [0.1, 0.15) is 46.4 Å². The summed E-state index contributed by atoms with van der Waals surface area (Å²) in [6.07, 6.45) is 0. The molecule has 0 bridgehead atoms. The van der Waals surface area contributed by atoms with Gasteiger partial charge in [-0.25, -0.2) is 4.79 Å². The number of carbonyl (C=O) groups excluding carboxylic acids is 3. The molecule has 1 aromatic carbocycles. The van der Waals surface area contributed by atoms with E-state index in [4.69, 9.17) is 0 Å². The zero-order chi connectivity index (χ0) is 15.3. The van der Waals surface area contributed by atoms with E-state index in [9.17, 15) is 19.5 Å². The van der Waals surface area contributed by atoms with Gasteiger partial charge in [0, 0.05) is 11.1 Å². The number of hydrogen-bond acceptors (Lipinski definition) is 6. The molecule has 1 N–H and O–H groups in total. The van der Waals surface area contributed by atoms with Crippen LogP contribution in [0.4, 0.5) is 0 Å². The van der Waals surface area contributed by atoms with Gasteiger partial charge in [-0.1, -0.05) is 12.1 Å². The van der Waals surface area contributed by atoms with Crippen LogP contribution in [0.2, 0.25) is 0 Å². The first kappa shape index (κ1) is 13.5. The second-order valence-corrected chi connectivity index (χ2v) is 5.63. The molecule has 0 spiro atoms. The van der Waals surface area contributed by atoms with Gasteiger partial charge in [0.25, 0.3) is 0 Å². The zero-order valence-electron chi connectivity index (χ0n) is 11.2. The Balaban J connectivity index is 2.30. The third kappa shape index (κ3) is 1.72. The maximum Gasteiger partial charge on any atom is 0.348 e. The quantitative estimate of drug-likeness (QED) is 0.698. The number of fused-ring (bicyclic) bond motifs is 2. The van der Waals surface area contributed by atoms with Crippen molar-refractivity contribution < 1.29 is 24.2 Å². The first-order valence-corrected chi connectivity index (χ1v) is 6.92. The molecule has 2 aromatic rings. The summed E-state index contributed by atoms with van der Waals surface area (Å²) in [6.45, 7) is 1.61. The summed E-state index contributed by atoms with van der Waals surface area (Å²) in [5.41, 5.74) is 0.815. The number of methoxy groups -OCH3 is 1. The van der Waals surface area contributed by atoms with Gasteiger partial charge in [-0.05, 0) is 18.6 Å². The van der Waals surface area contributed by atoms with E-state index < -0.39 is 11.8 Å². The fraction of sp³-hybridized carbons (Fsp3) is 0.133. The monoisotopic (exact) mass is 302 g/mol. The standard InChI is InChI=1S/C15H10O5S/c1-6-9-11(17)7-4-3-5-8(16)10(7)12(18)14(9)21-13(6)15(19)20-2/h3-5,16H,1-2H3. The van der Waals surface area contributed by atoms with E-state index in [1.165, 1.54) is 25.3 Å². The van der Waals surface area contributed by atoms with Crippen molar-refractivity contribution >= 4 is 28.9 Å². The number of hydrogen-bond donors (Lipinski definition) is 1. The van der Waals surface area contributed by atoms with Crippen LogP contribution in [0.15, 0.2) is 18.2 Å². The average Bonchev–Trinajstić information content (AvgIpc) is 2.82. The normalized spacial score (nSPS) is 12.9. The van der Waals surface area contributed by atoms with Gasteiger partial charge in [0.1, 0.15) is 10.6 Å². The van der Waals surface area contributed by atoms with Gasteiger partial charge >= 0.3 is 5.97 Å². The van der Waals surface area contributed by atoms with Crippen molar-refractivity contribution in [2.24, 2.45) is 0 Å². The summed E-state index contributed by atoms with van der Waals surface area (Å²) in [5, 5.41) is 9.84. The Morgan fingerprint density at radius 3 is 2.57 bits per heavy atom. The second kappa shape index (κ2) is 4.53. The third-order valence-electron chi connectivity index (χ3n) is 3.47. The molecule has 0 amide bonds. The number of rotatable bonds is 1. The van der Waals surface area contributed by atoms with Gasteiger partial charge in [-0.3, -0.25) is 9.59 Å². The fourth-order valence-electron chi connectivity index (χ4n) is 2.45. The molecular weight excluding hydrogens is 292 g/mol. The van der Waals surface area contributed by atoms with E-state index in [1.54, 1.807) is 6.92 Å². The molecule has 0 unspecified atom stereocenters. The largest absolute Gasteiger partial charge is 0.507 e. The lowest BCUT2D eigenvalue weighted by Crippen LogP contribution is -2.19. The number of ether oxygens (including phenoxy) is 1. The van der Waals surface area contributed by atoms with Crippen molar-refractivity contribution in [2.45, 2.75) is 6.92 Å². The molecule has 0 fully saturated rings. The van der Waals surface area contributed by atoms with Crippen LogP contribution in [0.25, 0.3) is 0 Å². The molecule has 0 atom stereocenters. The van der Waals surface area contributed by atoms with Crippen LogP contribution in [0.5, 0.6) is 5.75 Å². The summed E-state index contributed by atoms with van der Waals surface area (Å²) in [7, 11) is 1.24. The molecule has 1 aliphatic carbocycles. The highest BCUT2D eigenvalue weighted by Gasteiger charge is 2.37. The van der Waals surface area contributed by atoms with E-state index >= 15 is 0 Å². The van der Waals surface area contributed by atoms with E-state index in [-0.39, 0.29) is 38.0 Å². The molecule has 0 aliphatic heterocycles. The molecule has 0 saturated carbocycles. The van der Waals surface area contributed by atoms with Gasteiger partial charge in [-0.2, -0.15) is 0 Å². The van der Waals surface area contributed by atoms with Crippen LogP contribution in [-0.2, 0) is 4.74 Å². The number of benzene rings is 1. The van der Waals surface area contributed by atoms with Crippen LogP contribution < -0.4 is 0 Å².